The van der Waals surface area contributed by atoms with Crippen molar-refractivity contribution < 1.29 is 13.9 Å². The normalized spacial score (nSPS) is 23.5. The van der Waals surface area contributed by atoms with E-state index in [1.165, 1.54) is 6.07 Å². The number of nitrogens with zero attached hydrogens (tertiary/aromatic N) is 2. The van der Waals surface area contributed by atoms with Gasteiger partial charge in [0.05, 0.1) is 17.4 Å². The van der Waals surface area contributed by atoms with Gasteiger partial charge in [0.15, 0.2) is 5.84 Å². The Morgan fingerprint density at radius 2 is 2.27 bits per heavy atom. The number of anilines is 2. The van der Waals surface area contributed by atoms with Crippen LogP contribution in [0.4, 0.5) is 15.8 Å². The van der Waals surface area contributed by atoms with Crippen molar-refractivity contribution in [3.05, 3.63) is 17.9 Å². The van der Waals surface area contributed by atoms with Crippen molar-refractivity contribution in [2.24, 2.45) is 5.10 Å². The Hall–Kier alpha value is -2.35. The van der Waals surface area contributed by atoms with Gasteiger partial charge in [-0.2, -0.15) is 5.10 Å². The smallest absolute Gasteiger partial charge is 0.262 e. The highest BCUT2D eigenvalue weighted by Crippen LogP contribution is 2.38. The lowest BCUT2D eigenvalue weighted by Crippen LogP contribution is -2.55. The zero-order valence-electron chi connectivity index (χ0n) is 12.0. The van der Waals surface area contributed by atoms with Crippen molar-refractivity contribution in [3.8, 4) is 5.75 Å². The monoisotopic (exact) mass is 305 g/mol. The molecule has 3 aliphatic heterocycles. The van der Waals surface area contributed by atoms with Gasteiger partial charge in [0, 0.05) is 19.2 Å². The number of fused-ring (bicyclic) bond motifs is 3. The van der Waals surface area contributed by atoms with Gasteiger partial charge in [-0.15, -0.1) is 0 Å². The maximum Gasteiger partial charge on any atom is 0.262 e. The molecule has 0 radical (unpaired) electrons. The minimum atomic E-state index is -0.418. The first-order valence-corrected chi connectivity index (χ1v) is 7.23. The van der Waals surface area contributed by atoms with E-state index in [9.17, 15) is 9.18 Å². The second-order valence-electron chi connectivity index (χ2n) is 5.64. The lowest BCUT2D eigenvalue weighted by atomic mass is 10.1. The maximum absolute atomic E-state index is 14.2. The zero-order valence-corrected chi connectivity index (χ0v) is 12.0. The van der Waals surface area contributed by atoms with Crippen molar-refractivity contribution in [2.75, 3.05) is 29.9 Å². The van der Waals surface area contributed by atoms with E-state index in [0.29, 0.717) is 23.0 Å². The quantitative estimate of drug-likeness (QED) is 0.729. The molecule has 3 aliphatic rings. The Kier molecular flexibility index (Phi) is 2.93. The van der Waals surface area contributed by atoms with E-state index >= 15 is 0 Å². The van der Waals surface area contributed by atoms with Gasteiger partial charge >= 0.3 is 0 Å². The van der Waals surface area contributed by atoms with Crippen LogP contribution < -0.4 is 25.7 Å². The number of ether oxygens (including phenoxy) is 1. The number of benzene rings is 1. The van der Waals surface area contributed by atoms with Crippen LogP contribution in [-0.2, 0) is 4.79 Å². The first kappa shape index (κ1) is 13.3. The van der Waals surface area contributed by atoms with Gasteiger partial charge in [-0.25, -0.2) is 9.82 Å². The molecule has 1 fully saturated rings. The van der Waals surface area contributed by atoms with E-state index in [1.807, 2.05) is 0 Å². The Morgan fingerprint density at radius 1 is 1.45 bits per heavy atom. The molecule has 22 heavy (non-hydrogen) atoms. The predicted molar refractivity (Wildman–Crippen MR) is 79.7 cm³/mol. The average Bonchev–Trinajstić information content (AvgIpc) is 2.46. The summed E-state index contributed by atoms with van der Waals surface area (Å²) in [6.07, 6.45) is 0. The summed E-state index contributed by atoms with van der Waals surface area (Å²) in [4.78, 5) is 13.6. The molecule has 0 spiro atoms. The van der Waals surface area contributed by atoms with Crippen molar-refractivity contribution in [1.82, 2.24) is 10.7 Å². The summed E-state index contributed by atoms with van der Waals surface area (Å²) in [5.41, 5.74) is 3.53. The van der Waals surface area contributed by atoms with Crippen LogP contribution in [0.2, 0.25) is 0 Å². The van der Waals surface area contributed by atoms with E-state index in [-0.39, 0.29) is 24.4 Å². The molecule has 1 aromatic carbocycles. The number of nitrogens with one attached hydrogen (secondary N) is 3. The molecule has 1 aromatic rings. The van der Waals surface area contributed by atoms with Gasteiger partial charge in [0.1, 0.15) is 24.2 Å². The van der Waals surface area contributed by atoms with Gasteiger partial charge in [-0.3, -0.25) is 4.79 Å². The van der Waals surface area contributed by atoms with Gasteiger partial charge in [-0.1, -0.05) is 0 Å². The van der Waals surface area contributed by atoms with Gasteiger partial charge < -0.3 is 20.3 Å². The van der Waals surface area contributed by atoms with Gasteiger partial charge in [0.2, 0.25) is 0 Å². The van der Waals surface area contributed by atoms with Crippen molar-refractivity contribution in [3.63, 3.8) is 0 Å². The summed E-state index contributed by atoms with van der Waals surface area (Å²) < 4.78 is 19.8. The fourth-order valence-corrected chi connectivity index (χ4v) is 2.77. The number of carbonyl (C=O) groups is 1. The van der Waals surface area contributed by atoms with E-state index in [1.54, 1.807) is 17.9 Å². The lowest BCUT2D eigenvalue weighted by Gasteiger charge is -2.38. The number of amides is 1. The number of carbonyl (C=O) groups excluding carboxylic acids is 1. The lowest BCUT2D eigenvalue weighted by molar-refractivity contribution is -0.122. The standard InChI is InChI=1S/C14H16FN5O2/c1-7-14(21)19-18-13-6-22-12-2-9(15)10(3-11(12)20(7)13)17-8-4-16-5-8/h2-3,7-8,16-17H,4-6H2,1H3,(H,19,21). The third-order valence-corrected chi connectivity index (χ3v) is 4.15. The van der Waals surface area contributed by atoms with E-state index in [4.69, 9.17) is 4.74 Å². The third kappa shape index (κ3) is 1.98. The number of amidine groups is 1. The molecule has 7 nitrogen and oxygen atoms in total. The van der Waals surface area contributed by atoms with Crippen molar-refractivity contribution in [1.29, 1.82) is 0 Å². The van der Waals surface area contributed by atoms with Crippen LogP contribution in [0.1, 0.15) is 6.92 Å². The highest BCUT2D eigenvalue weighted by molar-refractivity contribution is 6.09. The largest absolute Gasteiger partial charge is 0.483 e. The molecule has 4 rings (SSSR count). The first-order chi connectivity index (χ1) is 10.6. The zero-order chi connectivity index (χ0) is 15.3. The van der Waals surface area contributed by atoms with Crippen LogP contribution >= 0.6 is 0 Å². The second kappa shape index (κ2) is 4.84. The fourth-order valence-electron chi connectivity index (χ4n) is 2.77. The van der Waals surface area contributed by atoms with E-state index in [2.05, 4.69) is 21.2 Å². The van der Waals surface area contributed by atoms with E-state index < -0.39 is 6.04 Å². The number of rotatable bonds is 2. The minimum Gasteiger partial charge on any atom is -0.483 e. The van der Waals surface area contributed by atoms with Crippen LogP contribution in [0.3, 0.4) is 0 Å². The summed E-state index contributed by atoms with van der Waals surface area (Å²) >= 11 is 0. The highest BCUT2D eigenvalue weighted by Gasteiger charge is 2.36. The fraction of sp³-hybridized carbons (Fsp3) is 0.429. The second-order valence-corrected chi connectivity index (χ2v) is 5.64. The SMILES string of the molecule is CC1C(=O)NN=C2COc3cc(F)c(NC4CNC4)cc3N21. The molecule has 1 atom stereocenters. The predicted octanol–water partition coefficient (Wildman–Crippen LogP) is 0.240. The number of hydrazone groups is 1. The Morgan fingerprint density at radius 3 is 3.00 bits per heavy atom. The van der Waals surface area contributed by atoms with Gasteiger partial charge in [-0.05, 0) is 13.0 Å². The third-order valence-electron chi connectivity index (χ3n) is 4.15. The molecule has 0 saturated carbocycles. The van der Waals surface area contributed by atoms with Gasteiger partial charge in [0.25, 0.3) is 5.91 Å². The molecule has 1 amide bonds. The maximum atomic E-state index is 14.2. The molecule has 0 bridgehead atoms. The molecular formula is C14H16FN5O2. The number of halogens is 1. The molecule has 1 unspecified atom stereocenters. The van der Waals surface area contributed by atoms with Crippen LogP contribution in [-0.4, -0.2) is 43.5 Å². The summed E-state index contributed by atoms with van der Waals surface area (Å²) in [5, 5.41) is 10.3. The Labute approximate surface area is 126 Å². The molecule has 8 heteroatoms. The minimum absolute atomic E-state index is 0.196. The number of hydrogen-bond donors (Lipinski definition) is 3. The molecular weight excluding hydrogens is 289 g/mol. The summed E-state index contributed by atoms with van der Waals surface area (Å²) in [7, 11) is 0. The topological polar surface area (TPSA) is 78.0 Å². The summed E-state index contributed by atoms with van der Waals surface area (Å²) in [5.74, 6) is 0.483. The first-order valence-electron chi connectivity index (χ1n) is 7.23. The van der Waals surface area contributed by atoms with Crippen molar-refractivity contribution in [2.45, 2.75) is 19.0 Å². The number of hydrogen-bond acceptors (Lipinski definition) is 6. The Balaban J connectivity index is 1.74. The molecule has 3 N–H and O–H groups in total. The molecule has 3 heterocycles. The van der Waals surface area contributed by atoms with Crippen LogP contribution in [0.15, 0.2) is 17.2 Å². The van der Waals surface area contributed by atoms with Crippen LogP contribution in [0.25, 0.3) is 0 Å². The molecule has 1 saturated heterocycles. The molecule has 116 valence electrons. The molecule has 0 aromatic heterocycles. The van der Waals surface area contributed by atoms with Crippen molar-refractivity contribution >= 4 is 23.1 Å². The molecule has 0 aliphatic carbocycles. The van der Waals surface area contributed by atoms with Crippen LogP contribution in [0, 0.1) is 5.82 Å². The van der Waals surface area contributed by atoms with Crippen LogP contribution in [0.5, 0.6) is 5.75 Å². The van der Waals surface area contributed by atoms with E-state index in [0.717, 1.165) is 13.1 Å². The average molecular weight is 305 g/mol. The highest BCUT2D eigenvalue weighted by atomic mass is 19.1. The summed E-state index contributed by atoms with van der Waals surface area (Å²) in [6.45, 7) is 3.60. The Bertz CT molecular complexity index is 673. The summed E-state index contributed by atoms with van der Waals surface area (Å²) in [6, 6.07) is 2.85.